The van der Waals surface area contributed by atoms with Crippen LogP contribution in [0.15, 0.2) is 243 Å². The lowest BCUT2D eigenvalue weighted by molar-refractivity contribution is 1.00. The van der Waals surface area contributed by atoms with Crippen LogP contribution in [-0.2, 0) is 0 Å². The molecule has 0 atom stereocenters. The fourth-order valence-corrected chi connectivity index (χ4v) is 15.8. The Hall–Kier alpha value is -12.8. The van der Waals surface area contributed by atoms with Crippen LogP contribution in [0.25, 0.3) is 197 Å². The van der Waals surface area contributed by atoms with Crippen LogP contribution < -0.4 is 0 Å². The van der Waals surface area contributed by atoms with E-state index < -0.39 is 0 Å². The standard InChI is InChI=1S/C80H40N10/c81-41-43-25-27-45(28-26-43)76-53-17-3-8-20-59(53)83-80(86-76)90-67-36-32-48-37-46(29-33-50(48)71(67)75-69(90)40-57-52-16-5-10-22-63(52)88-65-24-12-7-19-55(65)73(75)78(57)88)47-30-34-60-58(38-47)61(42-82)85-79(84-60)89-66-35-31-44-13-1-2-14-49(44)70(66)74-68(89)39-56-51-15-4-9-21-62(51)87-64-23-11-6-18-54(64)72(74)77(56)87/h1-40H. The Morgan fingerprint density at radius 3 is 1.37 bits per heavy atom. The molecular formula is C80H40N10. The van der Waals surface area contributed by atoms with Gasteiger partial charge in [0.25, 0.3) is 0 Å². The maximum absolute atomic E-state index is 11.2. The fourth-order valence-electron chi connectivity index (χ4n) is 15.8. The highest BCUT2D eigenvalue weighted by atomic mass is 15.2. The Bertz CT molecular complexity index is 6930. The molecule has 0 saturated carbocycles. The number of fused-ring (bicyclic) bond motifs is 26. The van der Waals surface area contributed by atoms with E-state index in [1.54, 1.807) is 0 Å². The van der Waals surface area contributed by atoms with Crippen molar-refractivity contribution in [2.75, 3.05) is 0 Å². The Morgan fingerprint density at radius 2 is 0.756 bits per heavy atom. The summed E-state index contributed by atoms with van der Waals surface area (Å²) in [5, 5.41) is 40.9. The van der Waals surface area contributed by atoms with Gasteiger partial charge in [0.1, 0.15) is 6.07 Å². The summed E-state index contributed by atoms with van der Waals surface area (Å²) in [5.74, 6) is 0.999. The van der Waals surface area contributed by atoms with Crippen LogP contribution in [0.2, 0.25) is 0 Å². The van der Waals surface area contributed by atoms with Gasteiger partial charge in [0, 0.05) is 81.0 Å². The Balaban J connectivity index is 0.786. The summed E-state index contributed by atoms with van der Waals surface area (Å²) in [6, 6.07) is 90.5. The van der Waals surface area contributed by atoms with E-state index >= 15 is 0 Å². The van der Waals surface area contributed by atoms with Crippen molar-refractivity contribution in [1.82, 2.24) is 37.9 Å². The predicted molar refractivity (Wildman–Crippen MR) is 366 cm³/mol. The molecule has 0 amide bonds. The van der Waals surface area contributed by atoms with E-state index in [1.165, 1.54) is 54.4 Å². The van der Waals surface area contributed by atoms with E-state index in [0.29, 0.717) is 34.1 Å². The second-order valence-electron chi connectivity index (χ2n) is 23.9. The fraction of sp³-hybridized carbons (Fsp3) is 0. The van der Waals surface area contributed by atoms with E-state index in [0.717, 1.165) is 120 Å². The summed E-state index contributed by atoms with van der Waals surface area (Å²) in [5.41, 5.74) is 17.0. The van der Waals surface area contributed by atoms with Crippen molar-refractivity contribution in [3.05, 3.63) is 254 Å². The first-order chi connectivity index (χ1) is 44.6. The highest BCUT2D eigenvalue weighted by Crippen LogP contribution is 2.51. The van der Waals surface area contributed by atoms with Crippen LogP contribution in [0.4, 0.5) is 0 Å². The molecule has 90 heavy (non-hydrogen) atoms. The zero-order valence-electron chi connectivity index (χ0n) is 47.6. The van der Waals surface area contributed by atoms with Crippen molar-refractivity contribution < 1.29 is 0 Å². The van der Waals surface area contributed by atoms with Gasteiger partial charge in [-0.25, -0.2) is 19.9 Å². The number of para-hydroxylation sites is 5. The maximum Gasteiger partial charge on any atom is 0.236 e. The summed E-state index contributed by atoms with van der Waals surface area (Å²) in [4.78, 5) is 21.6. The van der Waals surface area contributed by atoms with Crippen LogP contribution in [-0.4, -0.2) is 37.9 Å². The summed E-state index contributed by atoms with van der Waals surface area (Å²) in [7, 11) is 0. The third-order valence-electron chi connectivity index (χ3n) is 19.5. The Kier molecular flexibility index (Phi) is 8.98. The molecule has 0 aliphatic carbocycles. The summed E-state index contributed by atoms with van der Waals surface area (Å²) in [6.45, 7) is 0. The SMILES string of the molecule is N#Cc1ccc(-c2nc(-n3c4ccc5cc(-c6ccc7nc(-n8c9ccc%10ccccc%10c9c9c%10c%11ccccc%11n%11c%12ccccc%12c(cc98)c%10%11)nc(C#N)c7c6)ccc5c4c4c5c6ccccc6n6c7ccccc7c(cc43)c56)nc3ccccc23)cc1. The zero-order valence-corrected chi connectivity index (χ0v) is 47.6. The molecule has 8 heterocycles. The molecule has 0 saturated heterocycles. The quantitative estimate of drug-likeness (QED) is 0.173. The largest absolute Gasteiger partial charge is 0.308 e. The molecular weight excluding hydrogens is 1100 g/mol. The zero-order chi connectivity index (χ0) is 58.8. The summed E-state index contributed by atoms with van der Waals surface area (Å²) >= 11 is 0. The van der Waals surface area contributed by atoms with Crippen molar-refractivity contribution in [2.24, 2.45) is 0 Å². The van der Waals surface area contributed by atoms with Crippen molar-refractivity contribution in [1.29, 1.82) is 10.5 Å². The molecule has 21 rings (SSSR count). The van der Waals surface area contributed by atoms with E-state index in [2.05, 4.69) is 230 Å². The van der Waals surface area contributed by atoms with Crippen molar-refractivity contribution in [3.8, 4) is 46.4 Å². The molecule has 10 heteroatoms. The molecule has 0 bridgehead atoms. The maximum atomic E-state index is 11.2. The highest BCUT2D eigenvalue weighted by molar-refractivity contribution is 6.40. The minimum absolute atomic E-state index is 0.302. The lowest BCUT2D eigenvalue weighted by Gasteiger charge is -2.12. The van der Waals surface area contributed by atoms with Crippen LogP contribution >= 0.6 is 0 Å². The Labute approximate surface area is 509 Å². The van der Waals surface area contributed by atoms with E-state index in [-0.39, 0.29) is 0 Å². The van der Waals surface area contributed by atoms with Gasteiger partial charge in [-0.05, 0) is 118 Å². The lowest BCUT2D eigenvalue weighted by Crippen LogP contribution is -2.04. The normalized spacial score (nSPS) is 12.4. The van der Waals surface area contributed by atoms with Gasteiger partial charge in [0.05, 0.1) is 83.5 Å². The van der Waals surface area contributed by atoms with Crippen molar-refractivity contribution in [3.63, 3.8) is 0 Å². The molecule has 0 N–H and O–H groups in total. The second kappa shape index (κ2) is 17.0. The monoisotopic (exact) mass is 1140 g/mol. The van der Waals surface area contributed by atoms with Crippen molar-refractivity contribution >= 4 is 163 Å². The third-order valence-corrected chi connectivity index (χ3v) is 19.5. The number of nitriles is 2. The molecule has 0 unspecified atom stereocenters. The van der Waals surface area contributed by atoms with Gasteiger partial charge in [0.15, 0.2) is 5.69 Å². The smallest absolute Gasteiger partial charge is 0.236 e. The van der Waals surface area contributed by atoms with E-state index in [9.17, 15) is 10.5 Å². The summed E-state index contributed by atoms with van der Waals surface area (Å²) in [6.07, 6.45) is 0. The van der Waals surface area contributed by atoms with Crippen LogP contribution in [0.5, 0.6) is 0 Å². The molecule has 0 aliphatic heterocycles. The number of rotatable bonds is 4. The van der Waals surface area contributed by atoms with Gasteiger partial charge in [0.2, 0.25) is 11.9 Å². The molecule has 21 aromatic rings. The van der Waals surface area contributed by atoms with Gasteiger partial charge in [-0.2, -0.15) is 10.5 Å². The van der Waals surface area contributed by atoms with Gasteiger partial charge in [-0.1, -0.05) is 158 Å². The first-order valence-corrected chi connectivity index (χ1v) is 30.2. The first kappa shape index (κ1) is 47.5. The number of aromatic nitrogens is 8. The molecule has 0 fully saturated rings. The molecule has 13 aromatic carbocycles. The average molecular weight is 1140 g/mol. The number of benzene rings is 13. The topological polar surface area (TPSA) is 118 Å². The second-order valence-corrected chi connectivity index (χ2v) is 23.9. The number of nitrogens with zero attached hydrogens (tertiary/aromatic N) is 10. The van der Waals surface area contributed by atoms with Gasteiger partial charge in [-0.15, -0.1) is 0 Å². The van der Waals surface area contributed by atoms with Gasteiger partial charge >= 0.3 is 0 Å². The van der Waals surface area contributed by atoms with Crippen molar-refractivity contribution in [2.45, 2.75) is 0 Å². The molecule has 8 aromatic heterocycles. The average Bonchev–Trinajstić information content (AvgIpc) is 1.52. The predicted octanol–water partition coefficient (Wildman–Crippen LogP) is 19.5. The molecule has 0 aliphatic rings. The van der Waals surface area contributed by atoms with Crippen LogP contribution in [0, 0.1) is 22.7 Å². The number of hydrogen-bond donors (Lipinski definition) is 0. The third kappa shape index (κ3) is 5.98. The minimum atomic E-state index is 0.302. The highest BCUT2D eigenvalue weighted by Gasteiger charge is 2.29. The minimum Gasteiger partial charge on any atom is -0.308 e. The van der Waals surface area contributed by atoms with Crippen LogP contribution in [0.3, 0.4) is 0 Å². The molecule has 10 nitrogen and oxygen atoms in total. The summed E-state index contributed by atoms with van der Waals surface area (Å²) < 4.78 is 9.32. The number of hydrogen-bond acceptors (Lipinski definition) is 6. The molecule has 410 valence electrons. The molecule has 0 spiro atoms. The van der Waals surface area contributed by atoms with E-state index in [4.69, 9.17) is 19.9 Å². The van der Waals surface area contributed by atoms with Gasteiger partial charge in [-0.3, -0.25) is 9.13 Å². The first-order valence-electron chi connectivity index (χ1n) is 30.2. The molecule has 0 radical (unpaired) electrons. The van der Waals surface area contributed by atoms with Gasteiger partial charge < -0.3 is 8.80 Å². The lowest BCUT2D eigenvalue weighted by atomic mass is 9.96. The van der Waals surface area contributed by atoms with E-state index in [1.807, 2.05) is 42.5 Å². The van der Waals surface area contributed by atoms with Crippen LogP contribution in [0.1, 0.15) is 11.3 Å². The Morgan fingerprint density at radius 1 is 0.278 bits per heavy atom.